The molecule has 0 aromatic rings. The van der Waals surface area contributed by atoms with Gasteiger partial charge in [0.1, 0.15) is 0 Å². The number of nitrogens with zero attached hydrogens (tertiary/aromatic N) is 1. The summed E-state index contributed by atoms with van der Waals surface area (Å²) in [5.41, 5.74) is 0. The molecule has 0 aliphatic carbocycles. The number of sulfonamides is 1. The average molecular weight is 189 g/mol. The molecular formula is C8H15NO2S. The zero-order valence-corrected chi connectivity index (χ0v) is 8.02. The van der Waals surface area contributed by atoms with E-state index >= 15 is 0 Å². The quantitative estimate of drug-likeness (QED) is 0.607. The van der Waals surface area contributed by atoms with E-state index in [0.29, 0.717) is 18.8 Å². The normalized spacial score (nSPS) is 24.7. The van der Waals surface area contributed by atoms with Crippen LogP contribution in [-0.4, -0.2) is 31.6 Å². The van der Waals surface area contributed by atoms with Gasteiger partial charge in [-0.15, -0.1) is 6.58 Å². The molecule has 0 amide bonds. The molecule has 1 aliphatic heterocycles. The summed E-state index contributed by atoms with van der Waals surface area (Å²) >= 11 is 0. The van der Waals surface area contributed by atoms with Gasteiger partial charge in [-0.2, -0.15) is 4.31 Å². The molecule has 4 heteroatoms. The summed E-state index contributed by atoms with van der Waals surface area (Å²) in [6.45, 7) is 4.67. The Morgan fingerprint density at radius 1 is 1.33 bits per heavy atom. The van der Waals surface area contributed by atoms with E-state index in [1.165, 1.54) is 4.31 Å². The lowest BCUT2D eigenvalue weighted by atomic mass is 10.2. The van der Waals surface area contributed by atoms with E-state index in [1.54, 1.807) is 6.08 Å². The Hall–Kier alpha value is -0.350. The molecule has 0 atom stereocenters. The highest BCUT2D eigenvalue weighted by atomic mass is 32.2. The number of rotatable bonds is 2. The first-order valence-corrected chi connectivity index (χ1v) is 5.86. The molecule has 0 bridgehead atoms. The van der Waals surface area contributed by atoms with Crippen molar-refractivity contribution in [3.8, 4) is 0 Å². The molecule has 1 rings (SSSR count). The van der Waals surface area contributed by atoms with Crippen molar-refractivity contribution >= 4 is 10.0 Å². The fourth-order valence-electron chi connectivity index (χ4n) is 1.37. The van der Waals surface area contributed by atoms with Crippen molar-refractivity contribution in [2.75, 3.05) is 18.8 Å². The van der Waals surface area contributed by atoms with Crippen LogP contribution in [0.25, 0.3) is 0 Å². The molecule has 0 aromatic carbocycles. The fraction of sp³-hybridized carbons (Fsp3) is 0.750. The maximum Gasteiger partial charge on any atom is 0.214 e. The van der Waals surface area contributed by atoms with Crippen molar-refractivity contribution in [3.63, 3.8) is 0 Å². The van der Waals surface area contributed by atoms with E-state index in [1.807, 2.05) is 0 Å². The predicted octanol–water partition coefficient (Wildman–Crippen LogP) is 0.988. The molecule has 0 aromatic heterocycles. The zero-order valence-electron chi connectivity index (χ0n) is 7.20. The standard InChI is InChI=1S/C8H15NO2S/c1-2-6-9-7-4-3-5-8-12(9,10)11/h2H,1,3-8H2. The van der Waals surface area contributed by atoms with Gasteiger partial charge in [-0.3, -0.25) is 0 Å². The molecular weight excluding hydrogens is 174 g/mol. The van der Waals surface area contributed by atoms with Gasteiger partial charge in [0.25, 0.3) is 0 Å². The average Bonchev–Trinajstić information content (AvgIpc) is 2.15. The molecule has 0 spiro atoms. The summed E-state index contributed by atoms with van der Waals surface area (Å²) in [6, 6.07) is 0. The van der Waals surface area contributed by atoms with Gasteiger partial charge in [-0.25, -0.2) is 8.42 Å². The first-order chi connectivity index (χ1) is 5.67. The summed E-state index contributed by atoms with van der Waals surface area (Å²) in [6.07, 6.45) is 4.44. The first-order valence-electron chi connectivity index (χ1n) is 4.25. The highest BCUT2D eigenvalue weighted by Crippen LogP contribution is 2.12. The Bertz CT molecular complexity index is 246. The van der Waals surface area contributed by atoms with Gasteiger partial charge in [0.05, 0.1) is 5.75 Å². The molecule has 0 unspecified atom stereocenters. The third-order valence-electron chi connectivity index (χ3n) is 2.04. The Labute approximate surface area is 74.1 Å². The van der Waals surface area contributed by atoms with Gasteiger partial charge in [-0.1, -0.05) is 12.5 Å². The van der Waals surface area contributed by atoms with Crippen molar-refractivity contribution in [2.45, 2.75) is 19.3 Å². The van der Waals surface area contributed by atoms with Gasteiger partial charge in [0.15, 0.2) is 0 Å². The fourth-order valence-corrected chi connectivity index (χ4v) is 2.93. The minimum atomic E-state index is -2.96. The predicted molar refractivity (Wildman–Crippen MR) is 49.4 cm³/mol. The van der Waals surface area contributed by atoms with E-state index in [2.05, 4.69) is 6.58 Å². The summed E-state index contributed by atoms with van der Waals surface area (Å²) in [4.78, 5) is 0. The Kier molecular flexibility index (Phi) is 3.29. The maximum atomic E-state index is 11.5. The smallest absolute Gasteiger partial charge is 0.212 e. The van der Waals surface area contributed by atoms with Crippen LogP contribution < -0.4 is 0 Å². The lowest BCUT2D eigenvalue weighted by Gasteiger charge is -2.16. The van der Waals surface area contributed by atoms with E-state index in [0.717, 1.165) is 19.3 Å². The summed E-state index contributed by atoms with van der Waals surface area (Å²) < 4.78 is 24.5. The minimum absolute atomic E-state index is 0.306. The first kappa shape index (κ1) is 9.74. The van der Waals surface area contributed by atoms with Crippen LogP contribution in [0.15, 0.2) is 12.7 Å². The molecule has 1 heterocycles. The lowest BCUT2D eigenvalue weighted by Crippen LogP contribution is -2.32. The van der Waals surface area contributed by atoms with Crippen LogP contribution >= 0.6 is 0 Å². The van der Waals surface area contributed by atoms with Gasteiger partial charge in [0, 0.05) is 13.1 Å². The van der Waals surface area contributed by atoms with Crippen LogP contribution in [0.4, 0.5) is 0 Å². The van der Waals surface area contributed by atoms with Crippen molar-refractivity contribution in [1.29, 1.82) is 0 Å². The highest BCUT2D eigenvalue weighted by Gasteiger charge is 2.22. The van der Waals surface area contributed by atoms with Crippen molar-refractivity contribution in [3.05, 3.63) is 12.7 Å². The third kappa shape index (κ3) is 2.32. The number of hydrogen-bond donors (Lipinski definition) is 0. The third-order valence-corrected chi connectivity index (χ3v) is 3.96. The second-order valence-electron chi connectivity index (χ2n) is 3.02. The molecule has 0 saturated carbocycles. The monoisotopic (exact) mass is 189 g/mol. The van der Waals surface area contributed by atoms with Crippen molar-refractivity contribution in [2.24, 2.45) is 0 Å². The molecule has 12 heavy (non-hydrogen) atoms. The van der Waals surface area contributed by atoms with Gasteiger partial charge >= 0.3 is 0 Å². The maximum absolute atomic E-state index is 11.5. The molecule has 70 valence electrons. The topological polar surface area (TPSA) is 37.4 Å². The molecule has 3 nitrogen and oxygen atoms in total. The largest absolute Gasteiger partial charge is 0.214 e. The Morgan fingerprint density at radius 2 is 2.08 bits per heavy atom. The second kappa shape index (κ2) is 4.05. The van der Waals surface area contributed by atoms with Crippen LogP contribution in [0.3, 0.4) is 0 Å². The van der Waals surface area contributed by atoms with Gasteiger partial charge in [-0.05, 0) is 12.8 Å². The van der Waals surface area contributed by atoms with E-state index in [4.69, 9.17) is 0 Å². The van der Waals surface area contributed by atoms with Crippen LogP contribution in [0.1, 0.15) is 19.3 Å². The van der Waals surface area contributed by atoms with E-state index in [-0.39, 0.29) is 0 Å². The summed E-state index contributed by atoms with van der Waals surface area (Å²) in [5.74, 6) is 0.306. The summed E-state index contributed by atoms with van der Waals surface area (Å²) in [7, 11) is -2.96. The lowest BCUT2D eigenvalue weighted by molar-refractivity contribution is 0.444. The van der Waals surface area contributed by atoms with Gasteiger partial charge < -0.3 is 0 Å². The Morgan fingerprint density at radius 3 is 2.75 bits per heavy atom. The van der Waals surface area contributed by atoms with Crippen LogP contribution in [0.5, 0.6) is 0 Å². The SMILES string of the molecule is C=CCN1CCCCCS1(=O)=O. The molecule has 1 saturated heterocycles. The second-order valence-corrected chi connectivity index (χ2v) is 5.11. The number of hydrogen-bond acceptors (Lipinski definition) is 2. The highest BCUT2D eigenvalue weighted by molar-refractivity contribution is 7.89. The van der Waals surface area contributed by atoms with Crippen LogP contribution in [0, 0.1) is 0 Å². The molecule has 0 radical (unpaired) electrons. The summed E-state index contributed by atoms with van der Waals surface area (Å²) in [5, 5.41) is 0. The van der Waals surface area contributed by atoms with E-state index < -0.39 is 10.0 Å². The molecule has 0 N–H and O–H groups in total. The van der Waals surface area contributed by atoms with Crippen LogP contribution in [0.2, 0.25) is 0 Å². The zero-order chi connectivity index (χ0) is 9.03. The molecule has 1 aliphatic rings. The van der Waals surface area contributed by atoms with Crippen molar-refractivity contribution < 1.29 is 8.42 Å². The minimum Gasteiger partial charge on any atom is -0.212 e. The van der Waals surface area contributed by atoms with E-state index in [9.17, 15) is 8.42 Å². The van der Waals surface area contributed by atoms with Crippen molar-refractivity contribution in [1.82, 2.24) is 4.31 Å². The molecule has 1 fully saturated rings. The Balaban J connectivity index is 2.72. The van der Waals surface area contributed by atoms with Gasteiger partial charge in [0.2, 0.25) is 10.0 Å². The van der Waals surface area contributed by atoms with Crippen LogP contribution in [-0.2, 0) is 10.0 Å².